The highest BCUT2D eigenvalue weighted by molar-refractivity contribution is 5.50. The van der Waals surface area contributed by atoms with Gasteiger partial charge in [-0.15, -0.1) is 0 Å². The number of rotatable bonds is 4. The summed E-state index contributed by atoms with van der Waals surface area (Å²) >= 11 is 0. The number of anilines is 2. The third-order valence-corrected chi connectivity index (χ3v) is 3.24. The van der Waals surface area contributed by atoms with Crippen LogP contribution >= 0.6 is 0 Å². The molecule has 0 fully saturated rings. The fourth-order valence-corrected chi connectivity index (χ4v) is 2.08. The molecule has 0 bridgehead atoms. The third kappa shape index (κ3) is 3.20. The summed E-state index contributed by atoms with van der Waals surface area (Å²) in [5.74, 6) is 1.23. The van der Waals surface area contributed by atoms with Crippen LogP contribution in [0.2, 0.25) is 0 Å². The van der Waals surface area contributed by atoms with Crippen molar-refractivity contribution in [3.63, 3.8) is 0 Å². The van der Waals surface area contributed by atoms with Gasteiger partial charge in [-0.3, -0.25) is 0 Å². The van der Waals surface area contributed by atoms with Crippen molar-refractivity contribution >= 4 is 11.5 Å². The lowest BCUT2D eigenvalue weighted by molar-refractivity contribution is 0.465. The quantitative estimate of drug-likeness (QED) is 0.895. The lowest BCUT2D eigenvalue weighted by Crippen LogP contribution is -2.11. The first-order chi connectivity index (χ1) is 9.47. The van der Waals surface area contributed by atoms with Gasteiger partial charge < -0.3 is 15.3 Å². The standard InChI is InChI=1S/C16H21N3O/c1-11-5-7-15(20)14(9-11)12(2)18-13-6-8-16(17-10-13)19(3)4/h5-10,12,18,20H,1-4H3. The lowest BCUT2D eigenvalue weighted by atomic mass is 10.0. The molecule has 0 saturated carbocycles. The first-order valence-electron chi connectivity index (χ1n) is 6.67. The molecule has 0 saturated heterocycles. The summed E-state index contributed by atoms with van der Waals surface area (Å²) in [5.41, 5.74) is 2.96. The van der Waals surface area contributed by atoms with Crippen molar-refractivity contribution < 1.29 is 5.11 Å². The van der Waals surface area contributed by atoms with Gasteiger partial charge in [-0.25, -0.2) is 4.98 Å². The first kappa shape index (κ1) is 14.2. The molecule has 106 valence electrons. The molecule has 4 heteroatoms. The minimum absolute atomic E-state index is 0.0157. The van der Waals surface area contributed by atoms with E-state index in [1.165, 1.54) is 0 Å². The van der Waals surface area contributed by atoms with Crippen LogP contribution in [0.4, 0.5) is 11.5 Å². The maximum Gasteiger partial charge on any atom is 0.128 e. The second-order valence-corrected chi connectivity index (χ2v) is 5.23. The van der Waals surface area contributed by atoms with E-state index in [4.69, 9.17) is 0 Å². The fourth-order valence-electron chi connectivity index (χ4n) is 2.08. The van der Waals surface area contributed by atoms with Crippen LogP contribution in [0.3, 0.4) is 0 Å². The van der Waals surface area contributed by atoms with Crippen molar-refractivity contribution in [3.05, 3.63) is 47.7 Å². The summed E-state index contributed by atoms with van der Waals surface area (Å²) in [4.78, 5) is 6.32. The third-order valence-electron chi connectivity index (χ3n) is 3.24. The second kappa shape index (κ2) is 5.82. The number of nitrogens with one attached hydrogen (secondary N) is 1. The predicted molar refractivity (Wildman–Crippen MR) is 83.4 cm³/mol. The topological polar surface area (TPSA) is 48.4 Å². The van der Waals surface area contributed by atoms with Gasteiger partial charge in [-0.1, -0.05) is 17.7 Å². The fraction of sp³-hybridized carbons (Fsp3) is 0.312. The van der Waals surface area contributed by atoms with Crippen LogP contribution in [0.15, 0.2) is 36.5 Å². The van der Waals surface area contributed by atoms with E-state index in [1.54, 1.807) is 12.3 Å². The molecule has 1 aromatic carbocycles. The Balaban J connectivity index is 2.14. The molecule has 1 aromatic heterocycles. The van der Waals surface area contributed by atoms with E-state index in [0.717, 1.165) is 22.6 Å². The van der Waals surface area contributed by atoms with Crippen LogP contribution in [0, 0.1) is 6.92 Å². The van der Waals surface area contributed by atoms with Gasteiger partial charge in [0.1, 0.15) is 11.6 Å². The minimum atomic E-state index is 0.0157. The zero-order valence-electron chi connectivity index (χ0n) is 12.4. The van der Waals surface area contributed by atoms with Gasteiger partial charge >= 0.3 is 0 Å². The maximum atomic E-state index is 9.94. The smallest absolute Gasteiger partial charge is 0.128 e. The van der Waals surface area contributed by atoms with Crippen molar-refractivity contribution in [2.75, 3.05) is 24.3 Å². The summed E-state index contributed by atoms with van der Waals surface area (Å²) in [6.45, 7) is 4.04. The van der Waals surface area contributed by atoms with E-state index < -0.39 is 0 Å². The first-order valence-corrected chi connectivity index (χ1v) is 6.67. The van der Waals surface area contributed by atoms with Gasteiger partial charge in [0, 0.05) is 19.7 Å². The molecule has 0 amide bonds. The Kier molecular flexibility index (Phi) is 4.13. The maximum absolute atomic E-state index is 9.94. The van der Waals surface area contributed by atoms with Crippen LogP contribution in [0.25, 0.3) is 0 Å². The van der Waals surface area contributed by atoms with E-state index >= 15 is 0 Å². The Morgan fingerprint density at radius 3 is 2.55 bits per heavy atom. The summed E-state index contributed by atoms with van der Waals surface area (Å²) in [6.07, 6.45) is 1.80. The molecule has 1 atom stereocenters. The Hall–Kier alpha value is -2.23. The van der Waals surface area contributed by atoms with Gasteiger partial charge in [0.05, 0.1) is 17.9 Å². The molecule has 20 heavy (non-hydrogen) atoms. The Bertz CT molecular complexity index is 579. The Labute approximate surface area is 120 Å². The van der Waals surface area contributed by atoms with Crippen molar-refractivity contribution in [2.24, 2.45) is 0 Å². The van der Waals surface area contributed by atoms with Gasteiger partial charge in [0.25, 0.3) is 0 Å². The highest BCUT2D eigenvalue weighted by Crippen LogP contribution is 2.27. The van der Waals surface area contributed by atoms with E-state index in [1.807, 2.05) is 57.1 Å². The average Bonchev–Trinajstić information content (AvgIpc) is 2.42. The average molecular weight is 271 g/mol. The number of aromatic hydroxyl groups is 1. The van der Waals surface area contributed by atoms with E-state index in [2.05, 4.69) is 10.3 Å². The van der Waals surface area contributed by atoms with Crippen LogP contribution < -0.4 is 10.2 Å². The monoisotopic (exact) mass is 271 g/mol. The van der Waals surface area contributed by atoms with Gasteiger partial charge in [-0.05, 0) is 32.0 Å². The van der Waals surface area contributed by atoms with E-state index in [-0.39, 0.29) is 6.04 Å². The molecule has 2 N–H and O–H groups in total. The number of aromatic nitrogens is 1. The molecule has 4 nitrogen and oxygen atoms in total. The largest absolute Gasteiger partial charge is 0.508 e. The molecule has 0 radical (unpaired) electrons. The summed E-state index contributed by atoms with van der Waals surface area (Å²) in [5, 5.41) is 13.3. The number of hydrogen-bond donors (Lipinski definition) is 2. The summed E-state index contributed by atoms with van der Waals surface area (Å²) in [6, 6.07) is 9.60. The predicted octanol–water partition coefficient (Wildman–Crippen LogP) is 3.33. The highest BCUT2D eigenvalue weighted by Gasteiger charge is 2.10. The Morgan fingerprint density at radius 1 is 1.20 bits per heavy atom. The molecule has 2 aromatic rings. The Morgan fingerprint density at radius 2 is 1.95 bits per heavy atom. The van der Waals surface area contributed by atoms with E-state index in [9.17, 15) is 5.11 Å². The normalized spacial score (nSPS) is 12.0. The van der Waals surface area contributed by atoms with E-state index in [0.29, 0.717) is 5.75 Å². The molecular weight excluding hydrogens is 250 g/mol. The van der Waals surface area contributed by atoms with Gasteiger partial charge in [-0.2, -0.15) is 0 Å². The van der Waals surface area contributed by atoms with Gasteiger partial charge in [0.15, 0.2) is 0 Å². The van der Waals surface area contributed by atoms with Crippen LogP contribution in [0.5, 0.6) is 5.75 Å². The molecule has 1 unspecified atom stereocenters. The number of pyridine rings is 1. The summed E-state index contributed by atoms with van der Waals surface area (Å²) in [7, 11) is 3.92. The van der Waals surface area contributed by atoms with Crippen LogP contribution in [-0.4, -0.2) is 24.2 Å². The number of nitrogens with zero attached hydrogens (tertiary/aromatic N) is 2. The SMILES string of the molecule is Cc1ccc(O)c(C(C)Nc2ccc(N(C)C)nc2)c1. The number of hydrogen-bond acceptors (Lipinski definition) is 4. The number of benzene rings is 1. The number of aryl methyl sites for hydroxylation is 1. The highest BCUT2D eigenvalue weighted by atomic mass is 16.3. The molecule has 0 aliphatic rings. The molecule has 0 aliphatic heterocycles. The molecule has 2 rings (SSSR count). The molecular formula is C16H21N3O. The van der Waals surface area contributed by atoms with Gasteiger partial charge in [0.2, 0.25) is 0 Å². The van der Waals surface area contributed by atoms with Crippen molar-refractivity contribution in [3.8, 4) is 5.75 Å². The molecule has 0 spiro atoms. The van der Waals surface area contributed by atoms with Crippen molar-refractivity contribution in [2.45, 2.75) is 19.9 Å². The zero-order chi connectivity index (χ0) is 14.7. The summed E-state index contributed by atoms with van der Waals surface area (Å²) < 4.78 is 0. The minimum Gasteiger partial charge on any atom is -0.508 e. The van der Waals surface area contributed by atoms with Crippen molar-refractivity contribution in [1.29, 1.82) is 0 Å². The zero-order valence-corrected chi connectivity index (χ0v) is 12.4. The number of phenolic OH excluding ortho intramolecular Hbond substituents is 1. The number of phenols is 1. The second-order valence-electron chi connectivity index (χ2n) is 5.23. The molecule has 0 aliphatic carbocycles. The molecule has 1 heterocycles. The lowest BCUT2D eigenvalue weighted by Gasteiger charge is -2.18. The van der Waals surface area contributed by atoms with Crippen LogP contribution in [-0.2, 0) is 0 Å². The van der Waals surface area contributed by atoms with Crippen LogP contribution in [0.1, 0.15) is 24.1 Å². The van der Waals surface area contributed by atoms with Crippen molar-refractivity contribution in [1.82, 2.24) is 4.98 Å².